The van der Waals surface area contributed by atoms with Crippen LogP contribution in [0, 0.1) is 6.92 Å². The number of benzene rings is 1. The van der Waals surface area contributed by atoms with Gasteiger partial charge in [0.25, 0.3) is 0 Å². The van der Waals surface area contributed by atoms with Crippen LogP contribution in [-0.4, -0.2) is 12.2 Å². The molecule has 0 saturated carbocycles. The van der Waals surface area contributed by atoms with Gasteiger partial charge >= 0.3 is 0 Å². The lowest BCUT2D eigenvalue weighted by Gasteiger charge is -2.08. The molecule has 0 spiro atoms. The third kappa shape index (κ3) is 2.50. The molecule has 1 rings (SSSR count). The van der Waals surface area contributed by atoms with Gasteiger partial charge in [-0.2, -0.15) is 0 Å². The molecule has 0 aliphatic rings. The lowest BCUT2D eigenvalue weighted by atomic mass is 10.1. The Labute approximate surface area is 83.9 Å². The van der Waals surface area contributed by atoms with E-state index in [1.165, 1.54) is 7.11 Å². The van der Waals surface area contributed by atoms with Crippen LogP contribution in [0.15, 0.2) is 12.1 Å². The normalized spacial score (nSPS) is 9.15. The van der Waals surface area contributed by atoms with Gasteiger partial charge in [0, 0.05) is 12.1 Å². The second kappa shape index (κ2) is 4.94. The van der Waals surface area contributed by atoms with E-state index in [0.29, 0.717) is 17.9 Å². The Hall–Kier alpha value is -0.930. The van der Waals surface area contributed by atoms with Crippen LogP contribution in [0.5, 0.6) is 11.5 Å². The van der Waals surface area contributed by atoms with Gasteiger partial charge in [-0.3, -0.25) is 0 Å². The average Bonchev–Trinajstić information content (AvgIpc) is 2.08. The van der Waals surface area contributed by atoms with E-state index in [2.05, 4.69) is 0 Å². The van der Waals surface area contributed by atoms with Crippen molar-refractivity contribution < 1.29 is 9.84 Å². The number of ether oxygens (including phenoxy) is 1. The fraction of sp³-hybridized carbons (Fsp3) is 0.333. The molecule has 1 aromatic rings. The number of methoxy groups -OCH3 is 1. The first kappa shape index (κ1) is 12.1. The molecular formula is C9H14ClNO2. The molecule has 0 heterocycles. The largest absolute Gasteiger partial charge is 0.504 e. The number of rotatable bonds is 2. The number of hydrogen-bond donors (Lipinski definition) is 2. The molecule has 0 aromatic heterocycles. The van der Waals surface area contributed by atoms with E-state index < -0.39 is 0 Å². The van der Waals surface area contributed by atoms with Crippen LogP contribution in [0.1, 0.15) is 11.1 Å². The van der Waals surface area contributed by atoms with Crippen molar-refractivity contribution in [3.63, 3.8) is 0 Å². The molecule has 0 amide bonds. The van der Waals surface area contributed by atoms with E-state index in [1.807, 2.05) is 13.0 Å². The van der Waals surface area contributed by atoms with Crippen LogP contribution in [0.3, 0.4) is 0 Å². The maximum Gasteiger partial charge on any atom is 0.162 e. The third-order valence-corrected chi connectivity index (χ3v) is 1.74. The first-order chi connectivity index (χ1) is 5.69. The maximum atomic E-state index is 9.51. The summed E-state index contributed by atoms with van der Waals surface area (Å²) in [6.45, 7) is 2.25. The summed E-state index contributed by atoms with van der Waals surface area (Å²) in [6, 6.07) is 3.62. The Balaban J connectivity index is 0.00000144. The first-order valence-corrected chi connectivity index (χ1v) is 3.75. The smallest absolute Gasteiger partial charge is 0.162 e. The van der Waals surface area contributed by atoms with Crippen molar-refractivity contribution in [1.82, 2.24) is 0 Å². The predicted molar refractivity (Wildman–Crippen MR) is 54.5 cm³/mol. The second-order valence-electron chi connectivity index (χ2n) is 2.68. The number of aromatic hydroxyl groups is 1. The molecule has 3 N–H and O–H groups in total. The maximum absolute atomic E-state index is 9.51. The fourth-order valence-corrected chi connectivity index (χ4v) is 1.13. The zero-order valence-corrected chi connectivity index (χ0v) is 8.52. The van der Waals surface area contributed by atoms with Crippen LogP contribution in [0.25, 0.3) is 0 Å². The van der Waals surface area contributed by atoms with Crippen molar-refractivity contribution in [3.05, 3.63) is 23.3 Å². The molecule has 1 aromatic carbocycles. The molecule has 3 nitrogen and oxygen atoms in total. The summed E-state index contributed by atoms with van der Waals surface area (Å²) in [5, 5.41) is 9.51. The Kier molecular flexibility index (Phi) is 4.59. The topological polar surface area (TPSA) is 55.5 Å². The van der Waals surface area contributed by atoms with E-state index in [0.717, 1.165) is 5.56 Å². The SMILES string of the molecule is COc1cc(C)cc(CN)c1O.Cl. The molecule has 0 bridgehead atoms. The standard InChI is InChI=1S/C9H13NO2.ClH/c1-6-3-7(5-10)9(11)8(4-6)12-2;/h3-4,11H,5,10H2,1-2H3;1H. The van der Waals surface area contributed by atoms with Crippen LogP contribution in [0.2, 0.25) is 0 Å². The average molecular weight is 204 g/mol. The second-order valence-corrected chi connectivity index (χ2v) is 2.68. The van der Waals surface area contributed by atoms with Gasteiger partial charge in [0.2, 0.25) is 0 Å². The van der Waals surface area contributed by atoms with E-state index >= 15 is 0 Å². The molecule has 74 valence electrons. The van der Waals surface area contributed by atoms with Crippen molar-refractivity contribution in [2.24, 2.45) is 5.73 Å². The number of aryl methyl sites for hydroxylation is 1. The number of phenols is 1. The third-order valence-electron chi connectivity index (χ3n) is 1.74. The van der Waals surface area contributed by atoms with Gasteiger partial charge in [-0.05, 0) is 18.6 Å². The summed E-state index contributed by atoms with van der Waals surface area (Å²) in [4.78, 5) is 0. The quantitative estimate of drug-likeness (QED) is 0.768. The van der Waals surface area contributed by atoms with E-state index in [4.69, 9.17) is 10.5 Å². The monoisotopic (exact) mass is 203 g/mol. The molecule has 0 aliphatic heterocycles. The first-order valence-electron chi connectivity index (χ1n) is 3.75. The molecule has 4 heteroatoms. The molecule has 0 unspecified atom stereocenters. The van der Waals surface area contributed by atoms with Crippen LogP contribution in [0.4, 0.5) is 0 Å². The summed E-state index contributed by atoms with van der Waals surface area (Å²) in [6.07, 6.45) is 0. The highest BCUT2D eigenvalue weighted by atomic mass is 35.5. The highest BCUT2D eigenvalue weighted by Gasteiger charge is 2.06. The molecule has 0 atom stereocenters. The molecular weight excluding hydrogens is 190 g/mol. The Morgan fingerprint density at radius 1 is 1.46 bits per heavy atom. The number of hydrogen-bond acceptors (Lipinski definition) is 3. The number of nitrogens with two attached hydrogens (primary N) is 1. The van der Waals surface area contributed by atoms with Gasteiger partial charge in [0.15, 0.2) is 11.5 Å². The predicted octanol–water partition coefficient (Wildman–Crippen LogP) is 1.59. The minimum absolute atomic E-state index is 0. The number of halogens is 1. The summed E-state index contributed by atoms with van der Waals surface area (Å²) >= 11 is 0. The van der Waals surface area contributed by atoms with Crippen molar-refractivity contribution in [3.8, 4) is 11.5 Å². The molecule has 0 aliphatic carbocycles. The Morgan fingerprint density at radius 2 is 2.08 bits per heavy atom. The zero-order valence-electron chi connectivity index (χ0n) is 7.70. The Bertz CT molecular complexity index is 264. The lowest BCUT2D eigenvalue weighted by Crippen LogP contribution is -1.98. The van der Waals surface area contributed by atoms with Gasteiger partial charge in [0.1, 0.15) is 0 Å². The summed E-state index contributed by atoms with van der Waals surface area (Å²) < 4.78 is 4.96. The van der Waals surface area contributed by atoms with Gasteiger partial charge < -0.3 is 15.6 Å². The van der Waals surface area contributed by atoms with Crippen molar-refractivity contribution >= 4 is 12.4 Å². The fourth-order valence-electron chi connectivity index (χ4n) is 1.13. The van der Waals surface area contributed by atoms with E-state index in [9.17, 15) is 5.11 Å². The summed E-state index contributed by atoms with van der Waals surface area (Å²) in [7, 11) is 1.52. The van der Waals surface area contributed by atoms with Crippen LogP contribution >= 0.6 is 12.4 Å². The lowest BCUT2D eigenvalue weighted by molar-refractivity contribution is 0.370. The van der Waals surface area contributed by atoms with Gasteiger partial charge in [-0.15, -0.1) is 12.4 Å². The van der Waals surface area contributed by atoms with Crippen LogP contribution in [-0.2, 0) is 6.54 Å². The molecule has 13 heavy (non-hydrogen) atoms. The van der Waals surface area contributed by atoms with Crippen molar-refractivity contribution in [2.45, 2.75) is 13.5 Å². The highest BCUT2D eigenvalue weighted by molar-refractivity contribution is 5.85. The molecule has 0 fully saturated rings. The van der Waals surface area contributed by atoms with Crippen molar-refractivity contribution in [1.29, 1.82) is 0 Å². The van der Waals surface area contributed by atoms with E-state index in [-0.39, 0.29) is 18.2 Å². The van der Waals surface area contributed by atoms with Gasteiger partial charge in [-0.25, -0.2) is 0 Å². The summed E-state index contributed by atoms with van der Waals surface area (Å²) in [5.41, 5.74) is 7.17. The summed E-state index contributed by atoms with van der Waals surface area (Å²) in [5.74, 6) is 0.626. The number of phenolic OH excluding ortho intramolecular Hbond substituents is 1. The highest BCUT2D eigenvalue weighted by Crippen LogP contribution is 2.30. The minimum Gasteiger partial charge on any atom is -0.504 e. The van der Waals surface area contributed by atoms with Gasteiger partial charge in [0.05, 0.1) is 7.11 Å². The van der Waals surface area contributed by atoms with Crippen LogP contribution < -0.4 is 10.5 Å². The minimum atomic E-state index is 0. The van der Waals surface area contributed by atoms with E-state index in [1.54, 1.807) is 6.07 Å². The zero-order chi connectivity index (χ0) is 9.14. The molecule has 0 radical (unpaired) electrons. The Morgan fingerprint density at radius 3 is 2.54 bits per heavy atom. The van der Waals surface area contributed by atoms with Crippen molar-refractivity contribution in [2.75, 3.05) is 7.11 Å². The van der Waals surface area contributed by atoms with Gasteiger partial charge in [-0.1, -0.05) is 6.07 Å². The molecule has 0 saturated heterocycles.